The SMILES string of the molecule is C=C(C)C(=O)OCCCC(CCC[CH2-])OCCCCC.[Na+]. The van der Waals surface area contributed by atoms with Crippen molar-refractivity contribution < 1.29 is 43.8 Å². The molecular formula is C17H31NaO3. The number of hydrogen-bond acceptors (Lipinski definition) is 3. The number of unbranched alkanes of at least 4 members (excludes halogenated alkanes) is 3. The predicted octanol–water partition coefficient (Wildman–Crippen LogP) is 1.47. The molecule has 0 aromatic carbocycles. The van der Waals surface area contributed by atoms with Crippen molar-refractivity contribution in [2.75, 3.05) is 13.2 Å². The molecule has 21 heavy (non-hydrogen) atoms. The molecule has 0 spiro atoms. The third-order valence-corrected chi connectivity index (χ3v) is 3.13. The van der Waals surface area contributed by atoms with Crippen molar-refractivity contribution in [3.8, 4) is 0 Å². The van der Waals surface area contributed by atoms with Gasteiger partial charge in [0.15, 0.2) is 0 Å². The average molecular weight is 306 g/mol. The number of carbonyl (C=O) groups is 1. The number of esters is 1. The van der Waals surface area contributed by atoms with Crippen LogP contribution in [-0.2, 0) is 14.3 Å². The van der Waals surface area contributed by atoms with Gasteiger partial charge < -0.3 is 16.4 Å². The van der Waals surface area contributed by atoms with Crippen molar-refractivity contribution in [2.45, 2.75) is 71.3 Å². The summed E-state index contributed by atoms with van der Waals surface area (Å²) < 4.78 is 11.0. The van der Waals surface area contributed by atoms with Crippen molar-refractivity contribution >= 4 is 5.97 Å². The molecule has 0 saturated heterocycles. The van der Waals surface area contributed by atoms with E-state index in [1.807, 2.05) is 0 Å². The van der Waals surface area contributed by atoms with Crippen molar-refractivity contribution in [3.05, 3.63) is 19.1 Å². The van der Waals surface area contributed by atoms with E-state index in [2.05, 4.69) is 20.4 Å². The second-order valence-corrected chi connectivity index (χ2v) is 5.25. The summed E-state index contributed by atoms with van der Waals surface area (Å²) in [6.07, 6.45) is 8.69. The van der Waals surface area contributed by atoms with Gasteiger partial charge >= 0.3 is 35.5 Å². The Balaban J connectivity index is 0. The summed E-state index contributed by atoms with van der Waals surface area (Å²) >= 11 is 0. The molecule has 1 unspecified atom stereocenters. The second kappa shape index (κ2) is 16.5. The Morgan fingerprint density at radius 1 is 1.14 bits per heavy atom. The first kappa shape index (κ1) is 23.4. The summed E-state index contributed by atoms with van der Waals surface area (Å²) in [6.45, 7) is 12.6. The molecule has 0 radical (unpaired) electrons. The summed E-state index contributed by atoms with van der Waals surface area (Å²) in [6, 6.07) is 0. The minimum absolute atomic E-state index is 0. The summed E-state index contributed by atoms with van der Waals surface area (Å²) in [5.41, 5.74) is 0.453. The van der Waals surface area contributed by atoms with Gasteiger partial charge in [-0.15, -0.1) is 0 Å². The van der Waals surface area contributed by atoms with Gasteiger partial charge in [0.25, 0.3) is 0 Å². The van der Waals surface area contributed by atoms with Crippen molar-refractivity contribution in [1.29, 1.82) is 0 Å². The van der Waals surface area contributed by atoms with Crippen LogP contribution in [0.3, 0.4) is 0 Å². The zero-order valence-corrected chi connectivity index (χ0v) is 16.3. The van der Waals surface area contributed by atoms with Gasteiger partial charge in [0.1, 0.15) is 0 Å². The standard InChI is InChI=1S/C17H31O3.Na/c1-5-7-9-13-19-16(11-8-6-2)12-10-14-20-17(18)15(3)4;/h16H,2-3,5-14H2,1,4H3;/q-1;+1. The van der Waals surface area contributed by atoms with Gasteiger partial charge in [-0.2, -0.15) is 6.42 Å². The van der Waals surface area contributed by atoms with E-state index in [1.54, 1.807) is 6.92 Å². The topological polar surface area (TPSA) is 35.5 Å². The molecule has 118 valence electrons. The normalized spacial score (nSPS) is 11.6. The molecule has 0 aromatic rings. The van der Waals surface area contributed by atoms with Gasteiger partial charge in [0.2, 0.25) is 0 Å². The van der Waals surface area contributed by atoms with Crippen LogP contribution in [0.25, 0.3) is 0 Å². The summed E-state index contributed by atoms with van der Waals surface area (Å²) in [7, 11) is 0. The van der Waals surface area contributed by atoms with E-state index >= 15 is 0 Å². The maximum Gasteiger partial charge on any atom is 1.00 e. The first-order valence-electron chi connectivity index (χ1n) is 7.85. The first-order valence-corrected chi connectivity index (χ1v) is 7.85. The van der Waals surface area contributed by atoms with Crippen LogP contribution < -0.4 is 29.6 Å². The third-order valence-electron chi connectivity index (χ3n) is 3.13. The van der Waals surface area contributed by atoms with Crippen LogP contribution in [0, 0.1) is 6.92 Å². The Bertz CT molecular complexity index is 267. The monoisotopic (exact) mass is 306 g/mol. The molecule has 0 bridgehead atoms. The fourth-order valence-electron chi connectivity index (χ4n) is 1.88. The fraction of sp³-hybridized carbons (Fsp3) is 0.765. The Labute approximate surface area is 153 Å². The molecule has 1 atom stereocenters. The molecule has 0 aliphatic heterocycles. The Morgan fingerprint density at radius 3 is 2.38 bits per heavy atom. The Kier molecular flexibility index (Phi) is 18.5. The molecule has 3 nitrogen and oxygen atoms in total. The molecular weight excluding hydrogens is 275 g/mol. The van der Waals surface area contributed by atoms with Crippen LogP contribution >= 0.6 is 0 Å². The van der Waals surface area contributed by atoms with Crippen LogP contribution in [0.2, 0.25) is 0 Å². The second-order valence-electron chi connectivity index (χ2n) is 5.25. The van der Waals surface area contributed by atoms with Crippen LogP contribution in [-0.4, -0.2) is 25.3 Å². The summed E-state index contributed by atoms with van der Waals surface area (Å²) in [5.74, 6) is -0.303. The van der Waals surface area contributed by atoms with E-state index in [4.69, 9.17) is 9.47 Å². The maximum absolute atomic E-state index is 11.2. The maximum atomic E-state index is 11.2. The number of rotatable bonds is 13. The van der Waals surface area contributed by atoms with E-state index in [-0.39, 0.29) is 41.6 Å². The Morgan fingerprint density at radius 2 is 1.81 bits per heavy atom. The number of hydrogen-bond donors (Lipinski definition) is 0. The smallest absolute Gasteiger partial charge is 0.462 e. The fourth-order valence-corrected chi connectivity index (χ4v) is 1.88. The summed E-state index contributed by atoms with van der Waals surface area (Å²) in [5, 5.41) is 0. The quantitative estimate of drug-likeness (QED) is 0.170. The van der Waals surface area contributed by atoms with Gasteiger partial charge in [-0.25, -0.2) is 4.79 Å². The summed E-state index contributed by atoms with van der Waals surface area (Å²) in [4.78, 5) is 11.2. The molecule has 0 aliphatic carbocycles. The molecule has 0 aromatic heterocycles. The van der Waals surface area contributed by atoms with Crippen LogP contribution in [0.4, 0.5) is 0 Å². The molecule has 0 aliphatic rings. The van der Waals surface area contributed by atoms with E-state index in [9.17, 15) is 4.79 Å². The van der Waals surface area contributed by atoms with Crippen LogP contribution in [0.5, 0.6) is 0 Å². The molecule has 0 fully saturated rings. The minimum atomic E-state index is -0.303. The molecule has 0 saturated carbocycles. The first-order chi connectivity index (χ1) is 9.61. The minimum Gasteiger partial charge on any atom is -0.462 e. The molecule has 0 rings (SSSR count). The Hall–Kier alpha value is 0.170. The number of ether oxygens (including phenoxy) is 2. The van der Waals surface area contributed by atoms with Crippen LogP contribution in [0.1, 0.15) is 65.2 Å². The van der Waals surface area contributed by atoms with Gasteiger partial charge in [-0.05, 0) is 32.6 Å². The van der Waals surface area contributed by atoms with Gasteiger partial charge in [-0.1, -0.05) is 32.8 Å². The van der Waals surface area contributed by atoms with Crippen molar-refractivity contribution in [2.24, 2.45) is 0 Å². The predicted molar refractivity (Wildman–Crippen MR) is 83.5 cm³/mol. The zero-order chi connectivity index (χ0) is 15.2. The van der Waals surface area contributed by atoms with Gasteiger partial charge in [-0.3, -0.25) is 0 Å². The van der Waals surface area contributed by atoms with E-state index in [0.29, 0.717) is 12.2 Å². The molecule has 0 N–H and O–H groups in total. The third kappa shape index (κ3) is 14.9. The van der Waals surface area contributed by atoms with E-state index < -0.39 is 0 Å². The number of carbonyl (C=O) groups excluding carboxylic acids is 1. The molecule has 0 amide bonds. The van der Waals surface area contributed by atoms with Gasteiger partial charge in [0, 0.05) is 12.2 Å². The van der Waals surface area contributed by atoms with Crippen molar-refractivity contribution in [3.63, 3.8) is 0 Å². The largest absolute Gasteiger partial charge is 1.00 e. The van der Waals surface area contributed by atoms with E-state index in [0.717, 1.165) is 45.1 Å². The molecule has 4 heteroatoms. The average Bonchev–Trinajstić information content (AvgIpc) is 2.43. The van der Waals surface area contributed by atoms with Crippen molar-refractivity contribution in [1.82, 2.24) is 0 Å². The zero-order valence-electron chi connectivity index (χ0n) is 14.3. The van der Waals surface area contributed by atoms with Gasteiger partial charge in [0.05, 0.1) is 12.7 Å². The van der Waals surface area contributed by atoms with Crippen LogP contribution in [0.15, 0.2) is 12.2 Å². The molecule has 0 heterocycles. The van der Waals surface area contributed by atoms with E-state index in [1.165, 1.54) is 12.8 Å².